The van der Waals surface area contributed by atoms with Gasteiger partial charge in [0, 0.05) is 37.1 Å². The molecule has 0 unspecified atom stereocenters. The van der Waals surface area contributed by atoms with Crippen molar-refractivity contribution in [2.75, 3.05) is 34.4 Å². The SMILES string of the molecule is CCN1/C(=C\C=C\c2n(CC)c3cc(Cl)c(Cl)cc3[n+]2CCCCS(=O)(=O)O)N(CCCCS(=O)(=O)[O-])c2cc(Cl)c(Cl)cc21.[Na+]. The van der Waals surface area contributed by atoms with Crippen LogP contribution in [-0.4, -0.2) is 55.1 Å². The van der Waals surface area contributed by atoms with Gasteiger partial charge in [-0.25, -0.2) is 17.6 Å². The third-order valence-corrected chi connectivity index (χ3v) is 10.5. The van der Waals surface area contributed by atoms with Crippen molar-refractivity contribution in [1.29, 1.82) is 0 Å². The predicted octanol–water partition coefficient (Wildman–Crippen LogP) is 3.76. The van der Waals surface area contributed by atoms with Crippen LogP contribution < -0.4 is 43.9 Å². The molecular weight excluding hydrogens is 729 g/mol. The molecule has 0 bridgehead atoms. The third kappa shape index (κ3) is 9.56. The standard InChI is InChI=1S/C29H34Cl4N4O6S2.Na/c1-3-34-24-16-20(30)22(32)18-26(24)36(12-5-7-14-44(38,39)40)28(34)10-9-11-29-35(4-2)25-17-21(31)23(33)19-27(25)37(29)13-6-8-15-45(41,42)43;/h9-11,16-19H,3-8,12-15H2,1-2H3,(H-,38,39,40,41,42,43);/q;+1. The first-order chi connectivity index (χ1) is 21.1. The van der Waals surface area contributed by atoms with E-state index >= 15 is 0 Å². The summed E-state index contributed by atoms with van der Waals surface area (Å²) in [5.41, 5.74) is 3.35. The predicted molar refractivity (Wildman–Crippen MR) is 181 cm³/mol. The third-order valence-electron chi connectivity index (χ3n) is 7.49. The second kappa shape index (κ2) is 16.6. The fraction of sp³-hybridized carbons (Fsp3) is 0.414. The Balaban J connectivity index is 0.00000576. The Morgan fingerprint density at radius 1 is 0.826 bits per heavy atom. The molecule has 10 nitrogen and oxygen atoms in total. The van der Waals surface area contributed by atoms with E-state index in [-0.39, 0.29) is 48.2 Å². The normalized spacial score (nSPS) is 14.6. The molecule has 1 aliphatic heterocycles. The molecule has 0 fully saturated rings. The molecule has 0 amide bonds. The Labute approximate surface area is 312 Å². The van der Waals surface area contributed by atoms with E-state index < -0.39 is 26.0 Å². The van der Waals surface area contributed by atoms with Gasteiger partial charge in [-0.2, -0.15) is 8.42 Å². The van der Waals surface area contributed by atoms with Gasteiger partial charge in [0.05, 0.1) is 60.4 Å². The van der Waals surface area contributed by atoms with Gasteiger partial charge >= 0.3 is 29.6 Å². The minimum atomic E-state index is -4.32. The number of hydrogen-bond acceptors (Lipinski definition) is 7. The van der Waals surface area contributed by atoms with Crippen LogP contribution in [0.1, 0.15) is 45.4 Å². The minimum Gasteiger partial charge on any atom is -0.748 e. The smallest absolute Gasteiger partial charge is 0.748 e. The van der Waals surface area contributed by atoms with Crippen LogP contribution in [-0.2, 0) is 33.3 Å². The molecule has 46 heavy (non-hydrogen) atoms. The first-order valence-electron chi connectivity index (χ1n) is 14.4. The van der Waals surface area contributed by atoms with Gasteiger partial charge < -0.3 is 14.4 Å². The largest absolute Gasteiger partial charge is 1.00 e. The average Bonchev–Trinajstić information content (AvgIpc) is 3.38. The van der Waals surface area contributed by atoms with Crippen molar-refractivity contribution in [2.45, 2.75) is 52.6 Å². The van der Waals surface area contributed by atoms with Gasteiger partial charge in [-0.05, 0) is 57.7 Å². The van der Waals surface area contributed by atoms with E-state index in [2.05, 4.69) is 9.47 Å². The zero-order chi connectivity index (χ0) is 33.1. The number of unbranched alkanes of at least 4 members (excludes halogenated alkanes) is 2. The summed E-state index contributed by atoms with van der Waals surface area (Å²) < 4.78 is 69.4. The van der Waals surface area contributed by atoms with Crippen molar-refractivity contribution in [2.24, 2.45) is 0 Å². The van der Waals surface area contributed by atoms with Crippen molar-refractivity contribution in [1.82, 2.24) is 4.57 Å². The van der Waals surface area contributed by atoms with Crippen LogP contribution in [0.25, 0.3) is 17.1 Å². The maximum Gasteiger partial charge on any atom is 1.00 e. The molecule has 0 spiro atoms. The van der Waals surface area contributed by atoms with Crippen molar-refractivity contribution >= 4 is 95.1 Å². The van der Waals surface area contributed by atoms with Crippen LogP contribution in [0.5, 0.6) is 0 Å². The maximum absolute atomic E-state index is 11.3. The summed E-state index contributed by atoms with van der Waals surface area (Å²) in [5, 5.41) is 1.59. The molecule has 2 aromatic carbocycles. The van der Waals surface area contributed by atoms with Gasteiger partial charge in [0.25, 0.3) is 15.9 Å². The first kappa shape index (κ1) is 39.4. The number of nitrogens with zero attached hydrogens (tertiary/aromatic N) is 4. The number of imidazole rings is 1. The van der Waals surface area contributed by atoms with Gasteiger partial charge in [0.1, 0.15) is 5.82 Å². The zero-order valence-corrected chi connectivity index (χ0v) is 32.4. The van der Waals surface area contributed by atoms with E-state index in [0.717, 1.165) is 34.1 Å². The van der Waals surface area contributed by atoms with Crippen molar-refractivity contribution in [3.63, 3.8) is 0 Å². The number of benzene rings is 2. The van der Waals surface area contributed by atoms with E-state index in [1.165, 1.54) is 0 Å². The Bertz CT molecular complexity index is 1870. The van der Waals surface area contributed by atoms with Crippen LogP contribution >= 0.6 is 46.4 Å². The van der Waals surface area contributed by atoms with Crippen molar-refractivity contribution in [3.8, 4) is 0 Å². The molecule has 1 N–H and O–H groups in total. The summed E-state index contributed by atoms with van der Waals surface area (Å²) in [7, 11) is -8.39. The van der Waals surface area contributed by atoms with Gasteiger partial charge in [0.15, 0.2) is 11.0 Å². The van der Waals surface area contributed by atoms with Crippen LogP contribution in [0.4, 0.5) is 11.4 Å². The van der Waals surface area contributed by atoms with Crippen molar-refractivity contribution in [3.05, 3.63) is 68.2 Å². The summed E-state index contributed by atoms with van der Waals surface area (Å²) in [6, 6.07) is 7.16. The molecule has 246 valence electrons. The van der Waals surface area contributed by atoms with E-state index in [0.29, 0.717) is 59.1 Å². The fourth-order valence-corrected chi connectivity index (χ4v) is 7.28. The molecule has 0 saturated carbocycles. The monoisotopic (exact) mass is 761 g/mol. The maximum atomic E-state index is 11.3. The van der Waals surface area contributed by atoms with Gasteiger partial charge in [-0.15, -0.1) is 0 Å². The number of rotatable bonds is 14. The zero-order valence-electron chi connectivity index (χ0n) is 25.7. The molecule has 0 saturated heterocycles. The number of halogens is 4. The van der Waals surface area contributed by atoms with Crippen LogP contribution in [0, 0.1) is 0 Å². The number of fused-ring (bicyclic) bond motifs is 2. The second-order valence-electron chi connectivity index (χ2n) is 10.5. The molecule has 0 atom stereocenters. The summed E-state index contributed by atoms with van der Waals surface area (Å²) in [4.78, 5) is 4.10. The molecule has 1 aromatic heterocycles. The van der Waals surface area contributed by atoms with E-state index in [1.807, 2.05) is 41.5 Å². The Kier molecular flexibility index (Phi) is 14.2. The fourth-order valence-electron chi connectivity index (χ4n) is 5.52. The van der Waals surface area contributed by atoms with Crippen LogP contribution in [0.2, 0.25) is 20.1 Å². The number of aryl methyl sites for hydroxylation is 2. The van der Waals surface area contributed by atoms with Crippen LogP contribution in [0.15, 0.2) is 42.2 Å². The summed E-state index contributed by atoms with van der Waals surface area (Å²) >= 11 is 25.5. The quantitative estimate of drug-likeness (QED) is 0.114. The van der Waals surface area contributed by atoms with Gasteiger partial charge in [0.2, 0.25) is 0 Å². The molecule has 2 heterocycles. The molecule has 1 aliphatic rings. The molecular formula is C29H34Cl4N4NaO6S2+. The topological polar surface area (TPSA) is 127 Å². The minimum absolute atomic E-state index is 0. The Morgan fingerprint density at radius 2 is 1.41 bits per heavy atom. The number of hydrogen-bond donors (Lipinski definition) is 1. The molecule has 0 radical (unpaired) electrons. The van der Waals surface area contributed by atoms with Crippen LogP contribution in [0.3, 0.4) is 0 Å². The number of aromatic nitrogens is 2. The summed E-state index contributed by atoms with van der Waals surface area (Å²) in [6.45, 7) is 6.13. The average molecular weight is 764 g/mol. The summed E-state index contributed by atoms with van der Waals surface area (Å²) in [5.74, 6) is 0.871. The molecule has 4 rings (SSSR count). The molecule has 17 heteroatoms. The van der Waals surface area contributed by atoms with Crippen molar-refractivity contribution < 1.29 is 60.1 Å². The van der Waals surface area contributed by atoms with E-state index in [1.54, 1.807) is 24.3 Å². The summed E-state index contributed by atoms with van der Waals surface area (Å²) in [6.07, 6.45) is 7.22. The first-order valence-corrected chi connectivity index (χ1v) is 19.1. The molecule has 3 aromatic rings. The second-order valence-corrected chi connectivity index (χ2v) is 15.2. The molecule has 0 aliphatic carbocycles. The Morgan fingerprint density at radius 3 is 2.00 bits per heavy atom. The number of allylic oxidation sites excluding steroid dienone is 2. The van der Waals surface area contributed by atoms with E-state index in [9.17, 15) is 25.9 Å². The Hall–Kier alpha value is -1.03. The van der Waals surface area contributed by atoms with Gasteiger partial charge in [-0.1, -0.05) is 52.5 Å². The number of anilines is 2. The van der Waals surface area contributed by atoms with E-state index in [4.69, 9.17) is 46.4 Å². The van der Waals surface area contributed by atoms with Gasteiger partial charge in [-0.3, -0.25) is 4.55 Å².